The fourth-order valence-electron chi connectivity index (χ4n) is 0.408. The summed E-state index contributed by atoms with van der Waals surface area (Å²) in [5, 5.41) is 0. The molecule has 0 atom stereocenters. The first-order valence-electron chi connectivity index (χ1n) is 4.75. The molecule has 0 bridgehead atoms. The Morgan fingerprint density at radius 3 is 1.29 bits per heavy atom. The second-order valence-electron chi connectivity index (χ2n) is 2.65. The molecule has 4 nitrogen and oxygen atoms in total. The van der Waals surface area contributed by atoms with E-state index >= 15 is 0 Å². The number of ether oxygens (including phenoxy) is 2. The van der Waals surface area contributed by atoms with Crippen LogP contribution in [0.4, 0.5) is 0 Å². The summed E-state index contributed by atoms with van der Waals surface area (Å²) in [5.41, 5.74) is 0. The molecule has 0 aromatic carbocycles. The maximum absolute atomic E-state index is 10.4. The third-order valence-corrected chi connectivity index (χ3v) is 1.49. The van der Waals surface area contributed by atoms with Gasteiger partial charge in [0.15, 0.2) is 0 Å². The van der Waals surface area contributed by atoms with Gasteiger partial charge in [-0.1, -0.05) is 26.7 Å². The summed E-state index contributed by atoms with van der Waals surface area (Å²) in [5.74, 6) is -0.796. The average Bonchev–Trinajstić information content (AvgIpc) is 2.25. The van der Waals surface area contributed by atoms with Crippen molar-refractivity contribution in [2.24, 2.45) is 0 Å². The highest BCUT2D eigenvalue weighted by atomic mass is 16.5. The minimum absolute atomic E-state index is 0.0865. The van der Waals surface area contributed by atoms with Crippen LogP contribution in [0.5, 0.6) is 0 Å². The number of carbonyl (C=O) groups excluding carboxylic acids is 2. The lowest BCUT2D eigenvalue weighted by Gasteiger charge is -1.96. The lowest BCUT2D eigenvalue weighted by atomic mass is 10.3. The summed E-state index contributed by atoms with van der Waals surface area (Å²) in [6, 6.07) is 0. The van der Waals surface area contributed by atoms with Gasteiger partial charge in [-0.2, -0.15) is 0 Å². The van der Waals surface area contributed by atoms with Gasteiger partial charge in [0.2, 0.25) is 0 Å². The molecule has 0 aromatic heterocycles. The molecule has 0 rings (SSSR count). The van der Waals surface area contributed by atoms with Crippen molar-refractivity contribution in [1.82, 2.24) is 0 Å². The van der Waals surface area contributed by atoms with E-state index in [2.05, 4.69) is 23.3 Å². The Balaban J connectivity index is 0. The highest BCUT2D eigenvalue weighted by molar-refractivity contribution is 5.77. The van der Waals surface area contributed by atoms with Gasteiger partial charge in [0, 0.05) is 0 Å². The lowest BCUT2D eigenvalue weighted by Crippen LogP contribution is -2.06. The summed E-state index contributed by atoms with van der Waals surface area (Å²) in [6.45, 7) is 4.36. The molecule has 0 amide bonds. The van der Waals surface area contributed by atoms with E-state index < -0.39 is 11.9 Å². The first-order valence-corrected chi connectivity index (χ1v) is 4.75. The SMILES string of the molecule is CCCC.COC(=O)CCC(=O)OC. The Morgan fingerprint density at radius 1 is 0.857 bits per heavy atom. The average molecular weight is 204 g/mol. The number of unbranched alkanes of at least 4 members (excludes halogenated alkanes) is 1. The van der Waals surface area contributed by atoms with Crippen LogP contribution in [0.1, 0.15) is 39.5 Å². The van der Waals surface area contributed by atoms with Crippen molar-refractivity contribution < 1.29 is 19.1 Å². The van der Waals surface area contributed by atoms with Crippen LogP contribution in [-0.2, 0) is 19.1 Å². The van der Waals surface area contributed by atoms with Crippen molar-refractivity contribution in [3.63, 3.8) is 0 Å². The maximum atomic E-state index is 10.4. The van der Waals surface area contributed by atoms with Crippen LogP contribution in [0.3, 0.4) is 0 Å². The van der Waals surface area contributed by atoms with E-state index in [1.54, 1.807) is 0 Å². The van der Waals surface area contributed by atoms with Crippen molar-refractivity contribution in [2.45, 2.75) is 39.5 Å². The van der Waals surface area contributed by atoms with Gasteiger partial charge < -0.3 is 9.47 Å². The fourth-order valence-corrected chi connectivity index (χ4v) is 0.408. The number of carbonyl (C=O) groups is 2. The van der Waals surface area contributed by atoms with Gasteiger partial charge in [0.05, 0.1) is 27.1 Å². The molecule has 0 fully saturated rings. The van der Waals surface area contributed by atoms with Crippen molar-refractivity contribution in [1.29, 1.82) is 0 Å². The highest BCUT2D eigenvalue weighted by Crippen LogP contribution is 1.92. The van der Waals surface area contributed by atoms with E-state index in [4.69, 9.17) is 0 Å². The zero-order valence-electron chi connectivity index (χ0n) is 9.46. The number of esters is 2. The van der Waals surface area contributed by atoms with Crippen molar-refractivity contribution in [3.8, 4) is 0 Å². The summed E-state index contributed by atoms with van der Waals surface area (Å²) >= 11 is 0. The van der Waals surface area contributed by atoms with E-state index in [0.29, 0.717) is 0 Å². The van der Waals surface area contributed by atoms with Crippen molar-refractivity contribution in [3.05, 3.63) is 0 Å². The van der Waals surface area contributed by atoms with Crippen LogP contribution >= 0.6 is 0 Å². The van der Waals surface area contributed by atoms with Crippen LogP contribution in [-0.4, -0.2) is 26.2 Å². The van der Waals surface area contributed by atoms with E-state index in [0.717, 1.165) is 0 Å². The normalized spacial score (nSPS) is 8.29. The standard InChI is InChI=1S/C6H10O4.C4H10/c1-9-5(7)3-4-6(8)10-2;1-3-4-2/h3-4H2,1-2H3;3-4H2,1-2H3. The smallest absolute Gasteiger partial charge is 0.306 e. The number of methoxy groups -OCH3 is 2. The molecule has 0 heterocycles. The zero-order valence-corrected chi connectivity index (χ0v) is 9.46. The first kappa shape index (κ1) is 15.4. The summed E-state index contributed by atoms with van der Waals surface area (Å²) in [6.07, 6.45) is 2.81. The third kappa shape index (κ3) is 13.5. The topological polar surface area (TPSA) is 52.6 Å². The van der Waals surface area contributed by atoms with Gasteiger partial charge in [-0.25, -0.2) is 0 Å². The third-order valence-electron chi connectivity index (χ3n) is 1.49. The second-order valence-corrected chi connectivity index (χ2v) is 2.65. The molecule has 0 spiro atoms. The van der Waals surface area contributed by atoms with Crippen molar-refractivity contribution >= 4 is 11.9 Å². The predicted molar refractivity (Wildman–Crippen MR) is 53.8 cm³/mol. The minimum atomic E-state index is -0.398. The molecule has 0 unspecified atom stereocenters. The molecular formula is C10H20O4. The Bertz CT molecular complexity index is 136. The molecule has 0 aliphatic rings. The molecule has 0 saturated carbocycles. The maximum Gasteiger partial charge on any atom is 0.306 e. The van der Waals surface area contributed by atoms with E-state index in [-0.39, 0.29) is 12.8 Å². The van der Waals surface area contributed by atoms with Gasteiger partial charge in [-0.15, -0.1) is 0 Å². The van der Waals surface area contributed by atoms with Crippen molar-refractivity contribution in [2.75, 3.05) is 14.2 Å². The molecular weight excluding hydrogens is 184 g/mol. The Hall–Kier alpha value is -1.06. The van der Waals surface area contributed by atoms with Gasteiger partial charge in [-0.3, -0.25) is 9.59 Å². The summed E-state index contributed by atoms with van der Waals surface area (Å²) in [4.78, 5) is 20.8. The number of hydrogen-bond donors (Lipinski definition) is 0. The van der Waals surface area contributed by atoms with Gasteiger partial charge in [0.1, 0.15) is 0 Å². The number of rotatable bonds is 4. The van der Waals surface area contributed by atoms with Crippen LogP contribution in [0, 0.1) is 0 Å². The van der Waals surface area contributed by atoms with Crippen LogP contribution in [0.15, 0.2) is 0 Å². The molecule has 0 aliphatic heterocycles. The van der Waals surface area contributed by atoms with Crippen LogP contribution in [0.2, 0.25) is 0 Å². The zero-order chi connectivity index (χ0) is 11.4. The molecule has 0 saturated heterocycles. The van der Waals surface area contributed by atoms with Gasteiger partial charge in [-0.05, 0) is 0 Å². The number of hydrogen-bond acceptors (Lipinski definition) is 4. The van der Waals surface area contributed by atoms with Crippen LogP contribution in [0.25, 0.3) is 0 Å². The largest absolute Gasteiger partial charge is 0.469 e. The molecule has 0 radical (unpaired) electrons. The Morgan fingerprint density at radius 2 is 1.14 bits per heavy atom. The second kappa shape index (κ2) is 11.9. The summed E-state index contributed by atoms with van der Waals surface area (Å²) in [7, 11) is 2.55. The monoisotopic (exact) mass is 204 g/mol. The Labute approximate surface area is 85.6 Å². The molecule has 4 heteroatoms. The molecule has 0 aromatic rings. The molecule has 84 valence electrons. The minimum Gasteiger partial charge on any atom is -0.469 e. The van der Waals surface area contributed by atoms with E-state index in [1.165, 1.54) is 27.1 Å². The highest BCUT2D eigenvalue weighted by Gasteiger charge is 2.04. The molecule has 0 aliphatic carbocycles. The fraction of sp³-hybridized carbons (Fsp3) is 0.800. The quantitative estimate of drug-likeness (QED) is 0.656. The molecule has 0 N–H and O–H groups in total. The van der Waals surface area contributed by atoms with Gasteiger partial charge >= 0.3 is 11.9 Å². The van der Waals surface area contributed by atoms with E-state index in [9.17, 15) is 9.59 Å². The Kier molecular flexibility index (Phi) is 13.1. The predicted octanol–water partition coefficient (Wildman–Crippen LogP) is 1.92. The van der Waals surface area contributed by atoms with E-state index in [1.807, 2.05) is 0 Å². The first-order chi connectivity index (χ1) is 6.62. The van der Waals surface area contributed by atoms with Gasteiger partial charge in [0.25, 0.3) is 0 Å². The summed E-state index contributed by atoms with van der Waals surface area (Å²) < 4.78 is 8.60. The molecule has 14 heavy (non-hydrogen) atoms. The lowest BCUT2D eigenvalue weighted by molar-refractivity contribution is -0.147. The van der Waals surface area contributed by atoms with Crippen LogP contribution < -0.4 is 0 Å².